The van der Waals surface area contributed by atoms with Gasteiger partial charge in [-0.3, -0.25) is 10.1 Å². The van der Waals surface area contributed by atoms with Gasteiger partial charge in [-0.2, -0.15) is 0 Å². The van der Waals surface area contributed by atoms with Crippen LogP contribution in [-0.4, -0.2) is 15.1 Å². The second-order valence-corrected chi connectivity index (χ2v) is 6.67. The molecule has 0 saturated heterocycles. The molecule has 0 aromatic heterocycles. The van der Waals surface area contributed by atoms with Gasteiger partial charge in [-0.05, 0) is 42.5 Å². The minimum Gasteiger partial charge on any atom is -0.508 e. The maximum atomic E-state index is 11.1. The monoisotopic (exact) mass is 338 g/mol. The minimum atomic E-state index is -0.467. The number of nitrogens with one attached hydrogen (secondary N) is 1. The molecule has 1 aliphatic heterocycles. The third-order valence-electron chi connectivity index (χ3n) is 5.27. The van der Waals surface area contributed by atoms with Gasteiger partial charge in [-0.1, -0.05) is 18.2 Å². The maximum absolute atomic E-state index is 11.1. The number of phenolic OH excluding ortho intramolecular Hbond substituents is 2. The Balaban J connectivity index is 1.87. The third-order valence-corrected chi connectivity index (χ3v) is 5.27. The number of rotatable bonds is 2. The summed E-state index contributed by atoms with van der Waals surface area (Å²) in [5.74, 6) is 0.395. The highest BCUT2D eigenvalue weighted by Gasteiger charge is 2.41. The number of nitro benzene ring substituents is 1. The summed E-state index contributed by atoms with van der Waals surface area (Å²) in [6.07, 6.45) is 5.02. The number of nitrogens with zero attached hydrogens (tertiary/aromatic N) is 1. The molecule has 1 aliphatic carbocycles. The van der Waals surface area contributed by atoms with Gasteiger partial charge >= 0.3 is 0 Å². The molecule has 0 amide bonds. The first-order chi connectivity index (χ1) is 12.0. The SMILES string of the molecule is Cc1ccc(O)c2c1C1C=CCC1C(c1cc([N+](=O)[O-])ccc1O)N2. The van der Waals surface area contributed by atoms with Gasteiger partial charge in [0.05, 0.1) is 16.7 Å². The second kappa shape index (κ2) is 5.51. The summed E-state index contributed by atoms with van der Waals surface area (Å²) in [5, 5.41) is 35.1. The quantitative estimate of drug-likeness (QED) is 0.331. The predicted octanol–water partition coefficient (Wildman–Crippen LogP) is 4.14. The van der Waals surface area contributed by atoms with Gasteiger partial charge in [0, 0.05) is 23.6 Å². The number of hydrogen-bond acceptors (Lipinski definition) is 5. The van der Waals surface area contributed by atoms with Crippen molar-refractivity contribution in [1.82, 2.24) is 0 Å². The van der Waals surface area contributed by atoms with Crippen LogP contribution in [0.4, 0.5) is 11.4 Å². The van der Waals surface area contributed by atoms with Crippen molar-refractivity contribution in [2.24, 2.45) is 5.92 Å². The maximum Gasteiger partial charge on any atom is 0.270 e. The normalized spacial score (nSPS) is 23.6. The summed E-state index contributed by atoms with van der Waals surface area (Å²) in [6.45, 7) is 2.01. The minimum absolute atomic E-state index is 0.0179. The number of fused-ring (bicyclic) bond motifs is 3. The molecule has 0 fully saturated rings. The molecular formula is C19H18N2O4. The van der Waals surface area contributed by atoms with Crippen LogP contribution >= 0.6 is 0 Å². The number of aromatic hydroxyl groups is 2. The summed E-state index contributed by atoms with van der Waals surface area (Å²) in [5.41, 5.74) is 3.21. The molecule has 25 heavy (non-hydrogen) atoms. The number of phenols is 2. The van der Waals surface area contributed by atoms with Crippen molar-refractivity contribution in [3.63, 3.8) is 0 Å². The summed E-state index contributed by atoms with van der Waals surface area (Å²) in [4.78, 5) is 10.7. The largest absolute Gasteiger partial charge is 0.508 e. The first-order valence-electron chi connectivity index (χ1n) is 8.20. The molecule has 6 heteroatoms. The van der Waals surface area contributed by atoms with Gasteiger partial charge in [0.15, 0.2) is 0 Å². The lowest BCUT2D eigenvalue weighted by molar-refractivity contribution is -0.385. The van der Waals surface area contributed by atoms with E-state index in [1.165, 1.54) is 18.2 Å². The number of aryl methyl sites for hydroxylation is 1. The first-order valence-corrected chi connectivity index (χ1v) is 8.20. The first kappa shape index (κ1) is 15.5. The highest BCUT2D eigenvalue weighted by molar-refractivity contribution is 5.70. The number of hydrogen-bond donors (Lipinski definition) is 3. The fraction of sp³-hybridized carbons (Fsp3) is 0.263. The molecule has 4 rings (SSSR count). The Bertz CT molecular complexity index is 907. The van der Waals surface area contributed by atoms with Gasteiger partial charge in [0.1, 0.15) is 11.5 Å². The van der Waals surface area contributed by atoms with Crippen LogP contribution in [0.5, 0.6) is 11.5 Å². The zero-order chi connectivity index (χ0) is 17.7. The van der Waals surface area contributed by atoms with E-state index in [0.717, 1.165) is 17.5 Å². The lowest BCUT2D eigenvalue weighted by atomic mass is 9.75. The molecule has 1 heterocycles. The van der Waals surface area contributed by atoms with Crippen LogP contribution in [0, 0.1) is 23.0 Å². The molecule has 2 aromatic carbocycles. The number of nitro groups is 1. The Morgan fingerprint density at radius 2 is 1.96 bits per heavy atom. The van der Waals surface area contributed by atoms with Crippen molar-refractivity contribution < 1.29 is 15.1 Å². The van der Waals surface area contributed by atoms with E-state index in [1.54, 1.807) is 6.07 Å². The van der Waals surface area contributed by atoms with Crippen LogP contribution < -0.4 is 5.32 Å². The fourth-order valence-corrected chi connectivity index (χ4v) is 4.09. The number of anilines is 1. The molecule has 6 nitrogen and oxygen atoms in total. The molecule has 3 atom stereocenters. The number of non-ortho nitro benzene ring substituents is 1. The molecule has 3 N–H and O–H groups in total. The van der Waals surface area contributed by atoms with Crippen LogP contribution in [0.1, 0.15) is 35.1 Å². The van der Waals surface area contributed by atoms with E-state index >= 15 is 0 Å². The van der Waals surface area contributed by atoms with E-state index in [0.29, 0.717) is 11.3 Å². The van der Waals surface area contributed by atoms with Crippen LogP contribution in [0.25, 0.3) is 0 Å². The average molecular weight is 338 g/mol. The molecule has 0 saturated carbocycles. The molecule has 3 unspecified atom stereocenters. The summed E-state index contributed by atoms with van der Waals surface area (Å²) in [7, 11) is 0. The molecule has 2 aliphatic rings. The molecule has 0 spiro atoms. The van der Waals surface area contributed by atoms with Crippen molar-refractivity contribution in [2.45, 2.75) is 25.3 Å². The summed E-state index contributed by atoms with van der Waals surface area (Å²) >= 11 is 0. The lowest BCUT2D eigenvalue weighted by Crippen LogP contribution is -2.29. The highest BCUT2D eigenvalue weighted by Crippen LogP contribution is 2.54. The Morgan fingerprint density at radius 3 is 2.72 bits per heavy atom. The number of benzene rings is 2. The van der Waals surface area contributed by atoms with Crippen molar-refractivity contribution in [1.29, 1.82) is 0 Å². The van der Waals surface area contributed by atoms with Crippen molar-refractivity contribution in [2.75, 3.05) is 5.32 Å². The molecule has 0 bridgehead atoms. The van der Waals surface area contributed by atoms with E-state index in [4.69, 9.17) is 0 Å². The zero-order valence-corrected chi connectivity index (χ0v) is 13.6. The molecule has 2 aromatic rings. The van der Waals surface area contributed by atoms with Crippen molar-refractivity contribution in [3.8, 4) is 11.5 Å². The van der Waals surface area contributed by atoms with Crippen molar-refractivity contribution >= 4 is 11.4 Å². The lowest BCUT2D eigenvalue weighted by Gasteiger charge is -2.38. The van der Waals surface area contributed by atoms with E-state index < -0.39 is 4.92 Å². The Kier molecular flexibility index (Phi) is 3.42. The Labute approximate surface area is 144 Å². The topological polar surface area (TPSA) is 95.6 Å². The second-order valence-electron chi connectivity index (χ2n) is 6.67. The Hall–Kier alpha value is -3.02. The molecular weight excluding hydrogens is 320 g/mol. The molecule has 128 valence electrons. The smallest absolute Gasteiger partial charge is 0.270 e. The third kappa shape index (κ3) is 2.33. The number of allylic oxidation sites excluding steroid dienone is 2. The standard InChI is InChI=1S/C19H18N2O4/c1-10-5-7-16(23)19-17(10)12-3-2-4-13(12)18(20-19)14-9-11(21(24)25)6-8-15(14)22/h2-3,5-9,12-13,18,20,22-23H,4H2,1H3. The van der Waals surface area contributed by atoms with E-state index in [2.05, 4.69) is 17.5 Å². The predicted molar refractivity (Wildman–Crippen MR) is 94.0 cm³/mol. The van der Waals surface area contributed by atoms with Gasteiger partial charge in [-0.15, -0.1) is 0 Å². The highest BCUT2D eigenvalue weighted by atomic mass is 16.6. The van der Waals surface area contributed by atoms with Crippen LogP contribution in [0.3, 0.4) is 0 Å². The fourth-order valence-electron chi connectivity index (χ4n) is 4.09. The van der Waals surface area contributed by atoms with Crippen LogP contribution in [0.2, 0.25) is 0 Å². The summed E-state index contributed by atoms with van der Waals surface area (Å²) in [6, 6.07) is 7.29. The Morgan fingerprint density at radius 1 is 1.20 bits per heavy atom. The van der Waals surface area contributed by atoms with Crippen LogP contribution in [0.15, 0.2) is 42.5 Å². The van der Waals surface area contributed by atoms with Crippen molar-refractivity contribution in [3.05, 3.63) is 69.3 Å². The summed E-state index contributed by atoms with van der Waals surface area (Å²) < 4.78 is 0. The zero-order valence-electron chi connectivity index (χ0n) is 13.6. The van der Waals surface area contributed by atoms with Crippen LogP contribution in [-0.2, 0) is 0 Å². The van der Waals surface area contributed by atoms with E-state index in [1.807, 2.05) is 13.0 Å². The van der Waals surface area contributed by atoms with Gasteiger partial charge in [-0.25, -0.2) is 0 Å². The van der Waals surface area contributed by atoms with Gasteiger partial charge < -0.3 is 15.5 Å². The van der Waals surface area contributed by atoms with Gasteiger partial charge in [0.2, 0.25) is 0 Å². The average Bonchev–Trinajstić information content (AvgIpc) is 3.07. The molecule has 0 radical (unpaired) electrons. The van der Waals surface area contributed by atoms with Gasteiger partial charge in [0.25, 0.3) is 5.69 Å². The van der Waals surface area contributed by atoms with E-state index in [-0.39, 0.29) is 35.1 Å². The van der Waals surface area contributed by atoms with E-state index in [9.17, 15) is 20.3 Å².